The van der Waals surface area contributed by atoms with Crippen molar-refractivity contribution >= 4 is 5.97 Å². The number of ether oxygens (including phenoxy) is 1. The van der Waals surface area contributed by atoms with Gasteiger partial charge in [0.05, 0.1) is 7.11 Å². The summed E-state index contributed by atoms with van der Waals surface area (Å²) in [7, 11) is 1.47. The Morgan fingerprint density at radius 3 is 2.65 bits per heavy atom. The number of carbonyl (C=O) groups is 1. The van der Waals surface area contributed by atoms with E-state index in [2.05, 4.69) is 4.98 Å². The highest BCUT2D eigenvalue weighted by Crippen LogP contribution is 2.31. The van der Waals surface area contributed by atoms with E-state index < -0.39 is 23.8 Å². The fourth-order valence-electron chi connectivity index (χ4n) is 1.71. The third-order valence-electron chi connectivity index (χ3n) is 2.71. The van der Waals surface area contributed by atoms with Gasteiger partial charge < -0.3 is 14.3 Å². The Kier molecular flexibility index (Phi) is 3.69. The van der Waals surface area contributed by atoms with Gasteiger partial charge in [0.15, 0.2) is 5.69 Å². The van der Waals surface area contributed by atoms with Crippen LogP contribution in [0.2, 0.25) is 0 Å². The van der Waals surface area contributed by atoms with Gasteiger partial charge in [-0.05, 0) is 24.6 Å². The Labute approximate surface area is 112 Å². The van der Waals surface area contributed by atoms with E-state index in [-0.39, 0.29) is 5.89 Å². The number of aromatic carboxylic acids is 1. The van der Waals surface area contributed by atoms with Crippen LogP contribution < -0.4 is 4.74 Å². The number of carboxylic acid groups (broad SMARTS) is 1. The molecule has 0 bridgehead atoms. The van der Waals surface area contributed by atoms with E-state index in [9.17, 15) is 13.6 Å². The Balaban J connectivity index is 2.53. The van der Waals surface area contributed by atoms with Gasteiger partial charge in [-0.25, -0.2) is 18.6 Å². The molecule has 0 unspecified atom stereocenters. The third kappa shape index (κ3) is 2.47. The molecule has 0 aliphatic heterocycles. The van der Waals surface area contributed by atoms with Crippen LogP contribution in [0.25, 0.3) is 11.5 Å². The van der Waals surface area contributed by atoms with Crippen LogP contribution in [0.4, 0.5) is 8.78 Å². The molecule has 0 saturated heterocycles. The highest BCUT2D eigenvalue weighted by Gasteiger charge is 2.26. The summed E-state index contributed by atoms with van der Waals surface area (Å²) >= 11 is 0. The smallest absolute Gasteiger partial charge is 0.374 e. The van der Waals surface area contributed by atoms with Crippen LogP contribution in [0.15, 0.2) is 22.6 Å². The predicted octanol–water partition coefficient (Wildman–Crippen LogP) is 3.29. The fourth-order valence-corrected chi connectivity index (χ4v) is 1.71. The second-order valence-electron chi connectivity index (χ2n) is 4.02. The number of aryl methyl sites for hydroxylation is 1. The van der Waals surface area contributed by atoms with Gasteiger partial charge in [-0.1, -0.05) is 6.07 Å². The SMILES string of the molecule is COc1cc(-c2nc(C(F)F)c(C(=O)O)o2)ccc1C. The Hall–Kier alpha value is -2.44. The van der Waals surface area contributed by atoms with Gasteiger partial charge in [0.2, 0.25) is 11.7 Å². The molecule has 0 amide bonds. The first-order valence-corrected chi connectivity index (χ1v) is 5.61. The molecule has 7 heteroatoms. The van der Waals surface area contributed by atoms with E-state index in [1.165, 1.54) is 7.11 Å². The normalized spacial score (nSPS) is 10.8. The van der Waals surface area contributed by atoms with E-state index in [1.807, 2.05) is 6.92 Å². The number of oxazole rings is 1. The minimum atomic E-state index is -3.02. The zero-order valence-corrected chi connectivity index (χ0v) is 10.7. The Morgan fingerprint density at radius 1 is 1.45 bits per heavy atom. The van der Waals surface area contributed by atoms with Gasteiger partial charge in [0.25, 0.3) is 6.43 Å². The maximum absolute atomic E-state index is 12.7. The van der Waals surface area contributed by atoms with E-state index in [1.54, 1.807) is 18.2 Å². The molecular formula is C13H11F2NO4. The minimum Gasteiger partial charge on any atom is -0.496 e. The van der Waals surface area contributed by atoms with Gasteiger partial charge in [-0.3, -0.25) is 0 Å². The number of carboxylic acids is 1. The number of hydrogen-bond acceptors (Lipinski definition) is 4. The summed E-state index contributed by atoms with van der Waals surface area (Å²) in [6, 6.07) is 4.83. The number of halogens is 2. The summed E-state index contributed by atoms with van der Waals surface area (Å²) in [6.07, 6.45) is -3.02. The monoisotopic (exact) mass is 283 g/mol. The third-order valence-corrected chi connectivity index (χ3v) is 2.71. The molecule has 0 spiro atoms. The van der Waals surface area contributed by atoms with Gasteiger partial charge in [-0.15, -0.1) is 0 Å². The van der Waals surface area contributed by atoms with Gasteiger partial charge >= 0.3 is 5.97 Å². The predicted molar refractivity (Wildman–Crippen MR) is 65.1 cm³/mol. The van der Waals surface area contributed by atoms with Crippen LogP contribution in [0, 0.1) is 6.92 Å². The highest BCUT2D eigenvalue weighted by atomic mass is 19.3. The van der Waals surface area contributed by atoms with Crippen molar-refractivity contribution in [1.82, 2.24) is 4.98 Å². The first kappa shape index (κ1) is 14.0. The molecule has 0 atom stereocenters. The van der Waals surface area contributed by atoms with Crippen LogP contribution in [0.1, 0.15) is 28.2 Å². The van der Waals surface area contributed by atoms with Crippen molar-refractivity contribution in [1.29, 1.82) is 0 Å². The highest BCUT2D eigenvalue weighted by molar-refractivity contribution is 5.86. The lowest BCUT2D eigenvalue weighted by Crippen LogP contribution is -1.99. The minimum absolute atomic E-state index is 0.184. The summed E-state index contributed by atoms with van der Waals surface area (Å²) in [5, 5.41) is 8.83. The zero-order valence-electron chi connectivity index (χ0n) is 10.7. The number of rotatable bonds is 4. The number of aromatic nitrogens is 1. The van der Waals surface area contributed by atoms with E-state index in [0.717, 1.165) is 5.56 Å². The molecule has 0 aliphatic rings. The summed E-state index contributed by atoms with van der Waals surface area (Å²) < 4.78 is 35.5. The standard InChI is InChI=1S/C13H11F2NO4/c1-6-3-4-7(5-8(6)19-2)12-16-9(11(14)15)10(20-12)13(17)18/h3-5,11H,1-2H3,(H,17,18). The molecular weight excluding hydrogens is 272 g/mol. The summed E-state index contributed by atoms with van der Waals surface area (Å²) in [5.41, 5.74) is 0.323. The Morgan fingerprint density at radius 2 is 2.15 bits per heavy atom. The first-order chi connectivity index (χ1) is 9.43. The Bertz CT molecular complexity index is 652. The molecule has 5 nitrogen and oxygen atoms in total. The average Bonchev–Trinajstić information content (AvgIpc) is 2.84. The largest absolute Gasteiger partial charge is 0.496 e. The molecule has 20 heavy (non-hydrogen) atoms. The first-order valence-electron chi connectivity index (χ1n) is 5.61. The topological polar surface area (TPSA) is 72.6 Å². The van der Waals surface area contributed by atoms with Gasteiger partial charge in [0, 0.05) is 5.56 Å². The van der Waals surface area contributed by atoms with Crippen LogP contribution in [-0.2, 0) is 0 Å². The average molecular weight is 283 g/mol. The number of nitrogens with zero attached hydrogens (tertiary/aromatic N) is 1. The number of alkyl halides is 2. The molecule has 1 aromatic carbocycles. The molecule has 2 aromatic rings. The molecule has 1 N–H and O–H groups in total. The molecule has 0 aliphatic carbocycles. The maximum Gasteiger partial charge on any atom is 0.374 e. The second-order valence-corrected chi connectivity index (χ2v) is 4.02. The summed E-state index contributed by atoms with van der Waals surface area (Å²) in [5.74, 6) is -2.10. The van der Waals surface area contributed by atoms with Crippen molar-refractivity contribution in [2.24, 2.45) is 0 Å². The van der Waals surface area contributed by atoms with Gasteiger partial charge in [-0.2, -0.15) is 0 Å². The van der Waals surface area contributed by atoms with Crippen LogP contribution in [0.5, 0.6) is 5.75 Å². The van der Waals surface area contributed by atoms with Crippen LogP contribution >= 0.6 is 0 Å². The van der Waals surface area contributed by atoms with Gasteiger partial charge in [0.1, 0.15) is 5.75 Å². The van der Waals surface area contributed by atoms with Crippen LogP contribution in [-0.4, -0.2) is 23.2 Å². The fraction of sp³-hybridized carbons (Fsp3) is 0.231. The second kappa shape index (κ2) is 5.28. The van der Waals surface area contributed by atoms with Crippen molar-refractivity contribution in [2.45, 2.75) is 13.3 Å². The lowest BCUT2D eigenvalue weighted by atomic mass is 10.1. The molecule has 106 valence electrons. The molecule has 1 heterocycles. The quantitative estimate of drug-likeness (QED) is 0.932. The van der Waals surface area contributed by atoms with Crippen molar-refractivity contribution in [3.63, 3.8) is 0 Å². The zero-order chi connectivity index (χ0) is 14.9. The molecule has 0 radical (unpaired) electrons. The van der Waals surface area contributed by atoms with E-state index >= 15 is 0 Å². The maximum atomic E-state index is 12.7. The van der Waals surface area contributed by atoms with E-state index in [0.29, 0.717) is 11.3 Å². The molecule has 2 rings (SSSR count). The van der Waals surface area contributed by atoms with Crippen molar-refractivity contribution in [3.8, 4) is 17.2 Å². The van der Waals surface area contributed by atoms with Crippen molar-refractivity contribution in [2.75, 3.05) is 7.11 Å². The number of hydrogen-bond donors (Lipinski definition) is 1. The summed E-state index contributed by atoms with van der Waals surface area (Å²) in [6.45, 7) is 1.81. The number of methoxy groups -OCH3 is 1. The molecule has 1 aromatic heterocycles. The van der Waals surface area contributed by atoms with E-state index in [4.69, 9.17) is 14.3 Å². The molecule has 0 fully saturated rings. The van der Waals surface area contributed by atoms with Crippen molar-refractivity contribution < 1.29 is 27.8 Å². The lowest BCUT2D eigenvalue weighted by Gasteiger charge is -2.05. The number of benzene rings is 1. The van der Waals surface area contributed by atoms with Crippen LogP contribution in [0.3, 0.4) is 0 Å². The lowest BCUT2D eigenvalue weighted by molar-refractivity contribution is 0.0647. The molecule has 0 saturated carbocycles. The van der Waals surface area contributed by atoms with Crippen molar-refractivity contribution in [3.05, 3.63) is 35.2 Å². The summed E-state index contributed by atoms with van der Waals surface area (Å²) in [4.78, 5) is 14.4.